The standard InChI is InChI=1S/C14H25IO4/c1-2-3-4-5-6-7-8-9-12(15)11(14(18)19)10-13(16)17/h11-12H,2-10H2,1H3,(H,16,17)(H,18,19). The molecule has 0 saturated carbocycles. The van der Waals surface area contributed by atoms with Crippen molar-refractivity contribution in [1.82, 2.24) is 0 Å². The van der Waals surface area contributed by atoms with Gasteiger partial charge >= 0.3 is 11.9 Å². The average Bonchev–Trinajstić information content (AvgIpc) is 2.34. The van der Waals surface area contributed by atoms with Crippen LogP contribution in [-0.2, 0) is 9.59 Å². The summed E-state index contributed by atoms with van der Waals surface area (Å²) in [6.45, 7) is 2.19. The number of aliphatic carboxylic acids is 2. The van der Waals surface area contributed by atoms with Crippen LogP contribution >= 0.6 is 22.6 Å². The summed E-state index contributed by atoms with van der Waals surface area (Å²) in [5.41, 5.74) is 0. The van der Waals surface area contributed by atoms with Crippen molar-refractivity contribution in [3.8, 4) is 0 Å². The van der Waals surface area contributed by atoms with Crippen molar-refractivity contribution in [3.63, 3.8) is 0 Å². The van der Waals surface area contributed by atoms with Gasteiger partial charge in [-0.3, -0.25) is 9.59 Å². The van der Waals surface area contributed by atoms with E-state index in [9.17, 15) is 9.59 Å². The third-order valence-corrected chi connectivity index (χ3v) is 4.72. The maximum atomic E-state index is 11.0. The summed E-state index contributed by atoms with van der Waals surface area (Å²) >= 11 is 2.08. The molecule has 0 amide bonds. The Morgan fingerprint density at radius 1 is 1.00 bits per heavy atom. The molecule has 0 spiro atoms. The molecule has 4 nitrogen and oxygen atoms in total. The lowest BCUT2D eigenvalue weighted by Crippen LogP contribution is -2.26. The van der Waals surface area contributed by atoms with E-state index in [0.29, 0.717) is 0 Å². The van der Waals surface area contributed by atoms with Gasteiger partial charge in [-0.15, -0.1) is 0 Å². The van der Waals surface area contributed by atoms with E-state index < -0.39 is 17.9 Å². The molecule has 2 N–H and O–H groups in total. The number of carboxylic acid groups (broad SMARTS) is 2. The Bertz CT molecular complexity index is 268. The fraction of sp³-hybridized carbons (Fsp3) is 0.857. The van der Waals surface area contributed by atoms with Crippen molar-refractivity contribution in [2.75, 3.05) is 0 Å². The molecule has 0 aromatic carbocycles. The van der Waals surface area contributed by atoms with Gasteiger partial charge in [-0.1, -0.05) is 74.5 Å². The molecule has 19 heavy (non-hydrogen) atoms. The largest absolute Gasteiger partial charge is 0.481 e. The summed E-state index contributed by atoms with van der Waals surface area (Å²) in [5, 5.41) is 17.7. The van der Waals surface area contributed by atoms with Crippen molar-refractivity contribution < 1.29 is 19.8 Å². The molecule has 0 heterocycles. The molecule has 0 aliphatic heterocycles. The average molecular weight is 384 g/mol. The molecule has 0 rings (SSSR count). The minimum absolute atomic E-state index is 0.0955. The third kappa shape index (κ3) is 10.2. The number of rotatable bonds is 12. The van der Waals surface area contributed by atoms with Gasteiger partial charge < -0.3 is 10.2 Å². The normalized spacial score (nSPS) is 14.0. The van der Waals surface area contributed by atoms with E-state index in [1.54, 1.807) is 0 Å². The molecule has 112 valence electrons. The van der Waals surface area contributed by atoms with Crippen molar-refractivity contribution in [3.05, 3.63) is 0 Å². The van der Waals surface area contributed by atoms with Gasteiger partial charge in [-0.2, -0.15) is 0 Å². The molecule has 5 heteroatoms. The molecule has 0 aromatic heterocycles. The van der Waals surface area contributed by atoms with Crippen LogP contribution < -0.4 is 0 Å². The highest BCUT2D eigenvalue weighted by molar-refractivity contribution is 14.1. The first-order chi connectivity index (χ1) is 8.99. The van der Waals surface area contributed by atoms with Crippen molar-refractivity contribution in [2.24, 2.45) is 5.92 Å². The molecular formula is C14H25IO4. The SMILES string of the molecule is CCCCCCCCCC(I)C(CC(=O)O)C(=O)O. The Morgan fingerprint density at radius 3 is 2.00 bits per heavy atom. The number of hydrogen-bond acceptors (Lipinski definition) is 2. The molecule has 0 aromatic rings. The van der Waals surface area contributed by atoms with Crippen LogP contribution in [0.2, 0.25) is 0 Å². The summed E-state index contributed by atoms with van der Waals surface area (Å²) in [6, 6.07) is 0. The number of carbonyl (C=O) groups is 2. The van der Waals surface area contributed by atoms with E-state index in [2.05, 4.69) is 29.5 Å². The number of carboxylic acids is 2. The maximum absolute atomic E-state index is 11.0. The van der Waals surface area contributed by atoms with Crippen LogP contribution in [0.15, 0.2) is 0 Å². The van der Waals surface area contributed by atoms with Crippen molar-refractivity contribution >= 4 is 34.5 Å². The smallest absolute Gasteiger partial charge is 0.308 e. The lowest BCUT2D eigenvalue weighted by atomic mass is 9.97. The first-order valence-electron chi connectivity index (χ1n) is 7.07. The summed E-state index contributed by atoms with van der Waals surface area (Å²) < 4.78 is -0.0955. The van der Waals surface area contributed by atoms with Crippen molar-refractivity contribution in [1.29, 1.82) is 0 Å². The zero-order valence-corrected chi connectivity index (χ0v) is 13.8. The summed E-state index contributed by atoms with van der Waals surface area (Å²) in [7, 11) is 0. The summed E-state index contributed by atoms with van der Waals surface area (Å²) in [5.74, 6) is -2.79. The minimum Gasteiger partial charge on any atom is -0.481 e. The molecule has 0 saturated heterocycles. The number of hydrogen-bond donors (Lipinski definition) is 2. The first-order valence-corrected chi connectivity index (χ1v) is 8.32. The Balaban J connectivity index is 3.78. The van der Waals surface area contributed by atoms with Gasteiger partial charge in [0.1, 0.15) is 0 Å². The van der Waals surface area contributed by atoms with Crippen LogP contribution in [0, 0.1) is 5.92 Å². The molecule has 0 fully saturated rings. The molecule has 2 atom stereocenters. The predicted octanol–water partition coefficient (Wildman–Crippen LogP) is 4.11. The second-order valence-electron chi connectivity index (χ2n) is 4.97. The second-order valence-corrected chi connectivity index (χ2v) is 6.57. The van der Waals surface area contributed by atoms with Crippen molar-refractivity contribution in [2.45, 2.75) is 68.6 Å². The lowest BCUT2D eigenvalue weighted by Gasteiger charge is -2.16. The zero-order valence-electron chi connectivity index (χ0n) is 11.6. The van der Waals surface area contributed by atoms with Gasteiger partial charge in [0.25, 0.3) is 0 Å². The second kappa shape index (κ2) is 11.5. The molecule has 0 bridgehead atoms. The van der Waals surface area contributed by atoms with Crippen LogP contribution in [-0.4, -0.2) is 26.1 Å². The number of unbranched alkanes of at least 4 members (excludes halogenated alkanes) is 6. The minimum atomic E-state index is -1.03. The highest BCUT2D eigenvalue weighted by Crippen LogP contribution is 2.24. The summed E-state index contributed by atoms with van der Waals surface area (Å²) in [4.78, 5) is 21.6. The van der Waals surface area contributed by atoms with E-state index in [0.717, 1.165) is 19.3 Å². The monoisotopic (exact) mass is 384 g/mol. The molecule has 0 aliphatic rings. The quantitative estimate of drug-likeness (QED) is 0.302. The van der Waals surface area contributed by atoms with Crippen LogP contribution in [0.4, 0.5) is 0 Å². The van der Waals surface area contributed by atoms with E-state index in [1.807, 2.05) is 0 Å². The Morgan fingerprint density at radius 2 is 1.53 bits per heavy atom. The molecule has 0 radical (unpaired) electrons. The van der Waals surface area contributed by atoms with Crippen LogP contribution in [0.3, 0.4) is 0 Å². The topological polar surface area (TPSA) is 74.6 Å². The van der Waals surface area contributed by atoms with Gasteiger partial charge in [-0.25, -0.2) is 0 Å². The predicted molar refractivity (Wildman–Crippen MR) is 83.8 cm³/mol. The maximum Gasteiger partial charge on any atom is 0.308 e. The highest BCUT2D eigenvalue weighted by atomic mass is 127. The van der Waals surface area contributed by atoms with Gasteiger partial charge in [0, 0.05) is 3.92 Å². The fourth-order valence-corrected chi connectivity index (χ4v) is 3.06. The Labute approximate surface area is 129 Å². The van der Waals surface area contributed by atoms with Gasteiger partial charge in [0.15, 0.2) is 0 Å². The van der Waals surface area contributed by atoms with Crippen LogP contribution in [0.5, 0.6) is 0 Å². The highest BCUT2D eigenvalue weighted by Gasteiger charge is 2.27. The Kier molecular flexibility index (Phi) is 11.3. The van der Waals surface area contributed by atoms with Crippen LogP contribution in [0.25, 0.3) is 0 Å². The Hall–Kier alpha value is -0.330. The first kappa shape index (κ1) is 18.7. The molecular weight excluding hydrogens is 359 g/mol. The van der Waals surface area contributed by atoms with E-state index >= 15 is 0 Å². The summed E-state index contributed by atoms with van der Waals surface area (Å²) in [6.07, 6.45) is 8.86. The lowest BCUT2D eigenvalue weighted by molar-refractivity contribution is -0.148. The molecule has 0 aliphatic carbocycles. The van der Waals surface area contributed by atoms with Gasteiger partial charge in [0.2, 0.25) is 0 Å². The van der Waals surface area contributed by atoms with Crippen LogP contribution in [0.1, 0.15) is 64.7 Å². The molecule has 2 unspecified atom stereocenters. The third-order valence-electron chi connectivity index (χ3n) is 3.23. The van der Waals surface area contributed by atoms with Gasteiger partial charge in [0.05, 0.1) is 12.3 Å². The van der Waals surface area contributed by atoms with Gasteiger partial charge in [-0.05, 0) is 6.42 Å². The van der Waals surface area contributed by atoms with E-state index in [-0.39, 0.29) is 10.3 Å². The number of alkyl halides is 1. The van der Waals surface area contributed by atoms with E-state index in [1.165, 1.54) is 32.1 Å². The van der Waals surface area contributed by atoms with E-state index in [4.69, 9.17) is 10.2 Å². The number of halogens is 1. The fourth-order valence-electron chi connectivity index (χ4n) is 2.06. The zero-order chi connectivity index (χ0) is 14.7.